The normalized spacial score (nSPS) is 14.9. The van der Waals surface area contributed by atoms with Crippen LogP contribution in [0.1, 0.15) is 34.6 Å². The summed E-state index contributed by atoms with van der Waals surface area (Å²) in [5.41, 5.74) is 21.0. The molecular weight excluding hydrogens is 641 g/mol. The minimum Gasteiger partial charge on any atom is -0.308 e. The van der Waals surface area contributed by atoms with E-state index in [2.05, 4.69) is 157 Å². The van der Waals surface area contributed by atoms with Gasteiger partial charge in [-0.2, -0.15) is 0 Å². The topological polar surface area (TPSA) is 17.8 Å². The Bertz CT molecular complexity index is 3300. The van der Waals surface area contributed by atoms with Gasteiger partial charge in [0.25, 0.3) is 0 Å². The van der Waals surface area contributed by atoms with Gasteiger partial charge in [-0.3, -0.25) is 0 Å². The van der Waals surface area contributed by atoms with Crippen molar-refractivity contribution in [2.45, 2.75) is 25.7 Å². The number of pyridine rings is 1. The van der Waals surface area contributed by atoms with Gasteiger partial charge >= 0.3 is 0 Å². The van der Waals surface area contributed by atoms with Gasteiger partial charge in [0.2, 0.25) is 0 Å². The molecule has 13 rings (SSSR count). The zero-order valence-corrected chi connectivity index (χ0v) is 29.2. The van der Waals surface area contributed by atoms with Crippen molar-refractivity contribution in [1.82, 2.24) is 9.55 Å². The quantitative estimate of drug-likeness (QED) is 0.170. The lowest BCUT2D eigenvalue weighted by Gasteiger charge is -2.25. The lowest BCUT2D eigenvalue weighted by Crippen LogP contribution is -2.05. The summed E-state index contributed by atoms with van der Waals surface area (Å²) in [7, 11) is 0. The molecule has 10 aromatic rings. The first-order valence-corrected chi connectivity index (χ1v) is 18.9. The van der Waals surface area contributed by atoms with Crippen LogP contribution in [0.3, 0.4) is 0 Å². The van der Waals surface area contributed by atoms with E-state index >= 15 is 0 Å². The van der Waals surface area contributed by atoms with Crippen LogP contribution in [-0.4, -0.2) is 9.55 Å². The molecule has 2 heterocycles. The van der Waals surface area contributed by atoms with Crippen LogP contribution in [-0.2, 0) is 6.42 Å². The maximum atomic E-state index is 5.31. The number of hydrogen-bond acceptors (Lipinski definition) is 1. The summed E-state index contributed by atoms with van der Waals surface area (Å²) >= 11 is 0. The Morgan fingerprint density at radius 2 is 1.26 bits per heavy atom. The highest BCUT2D eigenvalue weighted by Crippen LogP contribution is 2.55. The molecule has 2 nitrogen and oxygen atoms in total. The highest BCUT2D eigenvalue weighted by molar-refractivity contribution is 6.23. The zero-order valence-electron chi connectivity index (χ0n) is 29.2. The number of aryl methyl sites for hydroxylation is 1. The molecule has 3 aliphatic rings. The summed E-state index contributed by atoms with van der Waals surface area (Å²) in [5.74, 6) is 0.365. The van der Waals surface area contributed by atoms with Crippen molar-refractivity contribution in [3.8, 4) is 50.3 Å². The fourth-order valence-electron chi connectivity index (χ4n) is 10.7. The molecule has 0 amide bonds. The summed E-state index contributed by atoms with van der Waals surface area (Å²) in [5, 5.41) is 8.95. The van der Waals surface area contributed by atoms with Gasteiger partial charge in [-0.05, 0) is 105 Å². The SMILES string of the molecule is Cc1c2c(nc3ccccc13)-c1cccc3c(-n4c5cc6ccccc6cc5c5cc6c7c(c54)-c4ccccc4C(CC7)c4ccccc4-6)ccc-2c13. The summed E-state index contributed by atoms with van der Waals surface area (Å²) < 4.78 is 2.63. The molecule has 8 aromatic carbocycles. The summed E-state index contributed by atoms with van der Waals surface area (Å²) in [6.07, 6.45) is 2.17. The number of para-hydroxylation sites is 1. The van der Waals surface area contributed by atoms with Gasteiger partial charge < -0.3 is 4.57 Å². The van der Waals surface area contributed by atoms with E-state index in [9.17, 15) is 0 Å². The molecule has 1 atom stereocenters. The van der Waals surface area contributed by atoms with E-state index in [0.717, 1.165) is 24.1 Å². The molecule has 2 aromatic heterocycles. The van der Waals surface area contributed by atoms with E-state index < -0.39 is 0 Å². The predicted molar refractivity (Wildman–Crippen MR) is 221 cm³/mol. The Kier molecular flexibility index (Phi) is 5.24. The van der Waals surface area contributed by atoms with Gasteiger partial charge in [-0.15, -0.1) is 0 Å². The van der Waals surface area contributed by atoms with Crippen LogP contribution in [0.4, 0.5) is 0 Å². The largest absolute Gasteiger partial charge is 0.308 e. The standard InChI is InChI=1S/C51H32N2/c1-28-31-13-8-9-20-44(31)52-50-40-19-10-18-38-45(24-23-39(47(28)50)48(38)40)53-46-26-30-12-3-2-11-29(30)25-42(46)43-27-41-34-16-5-4-14-32(34)35-21-22-37(41)49(51(43)53)36-17-7-6-15-33(35)36/h2-20,23-27,35H,21-22H2,1H3. The molecule has 0 N–H and O–H groups in total. The molecule has 0 fully saturated rings. The number of fused-ring (bicyclic) bond motifs is 17. The zero-order chi connectivity index (χ0) is 34.5. The minimum absolute atomic E-state index is 0.365. The summed E-state index contributed by atoms with van der Waals surface area (Å²) in [6.45, 7) is 2.27. The van der Waals surface area contributed by atoms with Gasteiger partial charge in [0.1, 0.15) is 0 Å². The Morgan fingerprint density at radius 1 is 0.547 bits per heavy atom. The Hall–Kier alpha value is -6.51. The second-order valence-corrected chi connectivity index (χ2v) is 15.3. The Labute approximate surface area is 306 Å². The fourth-order valence-corrected chi connectivity index (χ4v) is 10.7. The maximum absolute atomic E-state index is 5.31. The molecule has 3 aliphatic carbocycles. The smallest absolute Gasteiger partial charge is 0.0797 e. The van der Waals surface area contributed by atoms with Crippen molar-refractivity contribution >= 4 is 54.3 Å². The fraction of sp³-hybridized carbons (Fsp3) is 0.0784. The lowest BCUT2D eigenvalue weighted by atomic mass is 9.80. The number of rotatable bonds is 1. The van der Waals surface area contributed by atoms with E-state index in [0.29, 0.717) is 5.92 Å². The highest BCUT2D eigenvalue weighted by Gasteiger charge is 2.35. The van der Waals surface area contributed by atoms with Crippen LogP contribution in [0, 0.1) is 6.92 Å². The first-order valence-electron chi connectivity index (χ1n) is 18.9. The molecule has 2 heteroatoms. The summed E-state index contributed by atoms with van der Waals surface area (Å²) in [6, 6.07) is 55.0. The van der Waals surface area contributed by atoms with Gasteiger partial charge in [-0.25, -0.2) is 4.98 Å². The average molecular weight is 673 g/mol. The number of nitrogens with zero attached hydrogens (tertiary/aromatic N) is 2. The highest BCUT2D eigenvalue weighted by atomic mass is 15.0. The monoisotopic (exact) mass is 672 g/mol. The van der Waals surface area contributed by atoms with Gasteiger partial charge in [0, 0.05) is 49.5 Å². The molecule has 0 saturated heterocycles. The first kappa shape index (κ1) is 28.1. The Morgan fingerprint density at radius 3 is 2.15 bits per heavy atom. The van der Waals surface area contributed by atoms with Gasteiger partial charge in [0.15, 0.2) is 0 Å². The van der Waals surface area contributed by atoms with E-state index in [1.54, 1.807) is 0 Å². The van der Waals surface area contributed by atoms with Crippen molar-refractivity contribution in [2.24, 2.45) is 0 Å². The number of hydrogen-bond donors (Lipinski definition) is 0. The van der Waals surface area contributed by atoms with Crippen molar-refractivity contribution < 1.29 is 0 Å². The third kappa shape index (κ3) is 3.47. The summed E-state index contributed by atoms with van der Waals surface area (Å²) in [4.78, 5) is 5.31. The van der Waals surface area contributed by atoms with Gasteiger partial charge in [-0.1, -0.05) is 115 Å². The Balaban J connectivity index is 1.23. The molecule has 53 heavy (non-hydrogen) atoms. The first-order chi connectivity index (χ1) is 26.2. The predicted octanol–water partition coefficient (Wildman–Crippen LogP) is 13.3. The van der Waals surface area contributed by atoms with Crippen molar-refractivity contribution in [3.05, 3.63) is 168 Å². The van der Waals surface area contributed by atoms with Crippen LogP contribution in [0.25, 0.3) is 105 Å². The van der Waals surface area contributed by atoms with Crippen LogP contribution < -0.4 is 0 Å². The second kappa shape index (κ2) is 9.87. The molecule has 1 unspecified atom stereocenters. The lowest BCUT2D eigenvalue weighted by molar-refractivity contribution is 0.736. The molecule has 0 saturated carbocycles. The van der Waals surface area contributed by atoms with E-state index in [-0.39, 0.29) is 0 Å². The number of benzene rings is 8. The third-order valence-electron chi connectivity index (χ3n) is 12.9. The van der Waals surface area contributed by atoms with Crippen molar-refractivity contribution in [2.75, 3.05) is 0 Å². The molecular formula is C51H32N2. The van der Waals surface area contributed by atoms with Crippen molar-refractivity contribution in [3.63, 3.8) is 0 Å². The van der Waals surface area contributed by atoms with E-state index in [1.165, 1.54) is 116 Å². The maximum Gasteiger partial charge on any atom is 0.0797 e. The van der Waals surface area contributed by atoms with Crippen LogP contribution in [0.2, 0.25) is 0 Å². The van der Waals surface area contributed by atoms with Gasteiger partial charge in [0.05, 0.1) is 27.9 Å². The van der Waals surface area contributed by atoms with Crippen molar-refractivity contribution in [1.29, 1.82) is 0 Å². The van der Waals surface area contributed by atoms with Crippen LogP contribution in [0.5, 0.6) is 0 Å². The van der Waals surface area contributed by atoms with Crippen LogP contribution in [0.15, 0.2) is 146 Å². The number of aromatic nitrogens is 2. The van der Waals surface area contributed by atoms with E-state index in [1.807, 2.05) is 0 Å². The molecule has 246 valence electrons. The van der Waals surface area contributed by atoms with Crippen LogP contribution >= 0.6 is 0 Å². The molecule has 0 spiro atoms. The molecule has 2 bridgehead atoms. The molecule has 0 radical (unpaired) electrons. The second-order valence-electron chi connectivity index (χ2n) is 15.3. The molecule has 0 aliphatic heterocycles. The van der Waals surface area contributed by atoms with E-state index in [4.69, 9.17) is 4.98 Å². The third-order valence-corrected chi connectivity index (χ3v) is 12.9. The average Bonchev–Trinajstić information content (AvgIpc) is 3.55. The minimum atomic E-state index is 0.365.